The number of carbonyl (C=O) groups excluding carboxylic acids is 1. The number of aromatic nitrogens is 2. The summed E-state index contributed by atoms with van der Waals surface area (Å²) in [5.41, 5.74) is 7.56. The number of hydrogen-bond acceptors (Lipinski definition) is 3. The molecule has 166 valence electrons. The number of hydrogen-bond donors (Lipinski definition) is 1. The molecule has 1 heterocycles. The van der Waals surface area contributed by atoms with Gasteiger partial charge in [0.1, 0.15) is 0 Å². The van der Waals surface area contributed by atoms with E-state index in [1.165, 1.54) is 0 Å². The van der Waals surface area contributed by atoms with Crippen molar-refractivity contribution in [2.24, 2.45) is 5.10 Å². The molecule has 0 spiro atoms. The molecule has 0 aliphatic rings. The van der Waals surface area contributed by atoms with E-state index < -0.39 is 0 Å². The molecule has 0 atom stereocenters. The SMILES string of the molecule is Cc1cccc(-n2nc(C(=O)N/N=C\c3cccc(Br)c3)cc2-c2ccc3ccccc3c2)c1. The van der Waals surface area contributed by atoms with E-state index in [-0.39, 0.29) is 11.6 Å². The number of carbonyl (C=O) groups is 1. The molecule has 5 aromatic rings. The molecule has 1 N–H and O–H groups in total. The largest absolute Gasteiger partial charge is 0.291 e. The van der Waals surface area contributed by atoms with Crippen LogP contribution in [0.4, 0.5) is 0 Å². The minimum atomic E-state index is -0.375. The lowest BCUT2D eigenvalue weighted by Crippen LogP contribution is -2.18. The third-order valence-corrected chi connectivity index (χ3v) is 5.96. The van der Waals surface area contributed by atoms with Gasteiger partial charge in [0.25, 0.3) is 5.91 Å². The Morgan fingerprint density at radius 3 is 2.56 bits per heavy atom. The summed E-state index contributed by atoms with van der Waals surface area (Å²) in [5, 5.41) is 11.0. The fourth-order valence-electron chi connectivity index (χ4n) is 3.81. The van der Waals surface area contributed by atoms with Crippen LogP contribution in [-0.2, 0) is 0 Å². The van der Waals surface area contributed by atoms with Crippen molar-refractivity contribution in [2.45, 2.75) is 6.92 Å². The van der Waals surface area contributed by atoms with Crippen molar-refractivity contribution in [3.05, 3.63) is 118 Å². The van der Waals surface area contributed by atoms with E-state index in [9.17, 15) is 4.79 Å². The van der Waals surface area contributed by atoms with Crippen LogP contribution in [0, 0.1) is 6.92 Å². The standard InChI is InChI=1S/C28H21BrN4O/c1-19-6-4-11-25(14-19)33-27(23-13-12-21-8-2-3-9-22(21)16-23)17-26(32-33)28(34)31-30-18-20-7-5-10-24(29)15-20/h2-18H,1H3,(H,31,34)/b30-18-. The molecule has 4 aromatic carbocycles. The van der Waals surface area contributed by atoms with Gasteiger partial charge >= 0.3 is 0 Å². The van der Waals surface area contributed by atoms with Crippen LogP contribution in [0.3, 0.4) is 0 Å². The van der Waals surface area contributed by atoms with Gasteiger partial charge in [0.15, 0.2) is 5.69 Å². The van der Waals surface area contributed by atoms with Gasteiger partial charge in [0.2, 0.25) is 0 Å². The van der Waals surface area contributed by atoms with Crippen molar-refractivity contribution in [2.75, 3.05) is 0 Å². The first-order valence-electron chi connectivity index (χ1n) is 10.8. The first-order chi connectivity index (χ1) is 16.6. The molecule has 34 heavy (non-hydrogen) atoms. The minimum absolute atomic E-state index is 0.288. The second-order valence-corrected chi connectivity index (χ2v) is 8.90. The molecular formula is C28H21BrN4O. The highest BCUT2D eigenvalue weighted by Gasteiger charge is 2.17. The Kier molecular flexibility index (Phi) is 6.06. The second kappa shape index (κ2) is 9.45. The van der Waals surface area contributed by atoms with E-state index in [2.05, 4.69) is 61.9 Å². The zero-order valence-corrected chi connectivity index (χ0v) is 20.0. The molecule has 0 bridgehead atoms. The lowest BCUT2D eigenvalue weighted by Gasteiger charge is -2.09. The van der Waals surface area contributed by atoms with Crippen LogP contribution in [0.15, 0.2) is 107 Å². The Morgan fingerprint density at radius 2 is 1.74 bits per heavy atom. The molecule has 5 rings (SSSR count). The average Bonchev–Trinajstić information content (AvgIpc) is 3.30. The third-order valence-electron chi connectivity index (χ3n) is 5.46. The van der Waals surface area contributed by atoms with Crippen molar-refractivity contribution in [3.8, 4) is 16.9 Å². The van der Waals surface area contributed by atoms with Gasteiger partial charge in [0, 0.05) is 10.0 Å². The molecule has 0 unspecified atom stereocenters. The van der Waals surface area contributed by atoms with Crippen LogP contribution >= 0.6 is 15.9 Å². The number of nitrogens with zero attached hydrogens (tertiary/aromatic N) is 3. The van der Waals surface area contributed by atoms with Gasteiger partial charge in [-0.3, -0.25) is 4.79 Å². The molecule has 5 nitrogen and oxygen atoms in total. The monoisotopic (exact) mass is 508 g/mol. The summed E-state index contributed by atoms with van der Waals surface area (Å²) >= 11 is 3.43. The van der Waals surface area contributed by atoms with Gasteiger partial charge in [0.05, 0.1) is 17.6 Å². The molecule has 0 saturated carbocycles. The lowest BCUT2D eigenvalue weighted by atomic mass is 10.0. The van der Waals surface area contributed by atoms with E-state index >= 15 is 0 Å². The van der Waals surface area contributed by atoms with Crippen molar-refractivity contribution in [1.82, 2.24) is 15.2 Å². The number of aryl methyl sites for hydroxylation is 1. The molecule has 0 fully saturated rings. The van der Waals surface area contributed by atoms with Crippen molar-refractivity contribution in [1.29, 1.82) is 0 Å². The first-order valence-corrected chi connectivity index (χ1v) is 11.6. The summed E-state index contributed by atoms with van der Waals surface area (Å²) in [4.78, 5) is 12.9. The van der Waals surface area contributed by atoms with Gasteiger partial charge in [-0.2, -0.15) is 10.2 Å². The highest BCUT2D eigenvalue weighted by molar-refractivity contribution is 9.10. The Hall–Kier alpha value is -4.03. The molecule has 0 saturated heterocycles. The van der Waals surface area contributed by atoms with Crippen LogP contribution in [0.5, 0.6) is 0 Å². The molecular weight excluding hydrogens is 488 g/mol. The van der Waals surface area contributed by atoms with E-state index in [0.717, 1.165) is 43.3 Å². The van der Waals surface area contributed by atoms with E-state index in [4.69, 9.17) is 0 Å². The predicted molar refractivity (Wildman–Crippen MR) is 140 cm³/mol. The Morgan fingerprint density at radius 1 is 0.912 bits per heavy atom. The smallest absolute Gasteiger partial charge is 0.265 e. The lowest BCUT2D eigenvalue weighted by molar-refractivity contribution is 0.0949. The predicted octanol–water partition coefficient (Wildman–Crippen LogP) is 6.53. The number of amides is 1. The first kappa shape index (κ1) is 21.8. The van der Waals surface area contributed by atoms with Gasteiger partial charge < -0.3 is 0 Å². The molecule has 1 amide bonds. The van der Waals surface area contributed by atoms with Crippen molar-refractivity contribution in [3.63, 3.8) is 0 Å². The number of halogens is 1. The Labute approximate surface area is 205 Å². The van der Waals surface area contributed by atoms with E-state index in [0.29, 0.717) is 0 Å². The number of fused-ring (bicyclic) bond motifs is 1. The molecule has 0 radical (unpaired) electrons. The Bertz CT molecular complexity index is 1540. The van der Waals surface area contributed by atoms with Crippen molar-refractivity contribution < 1.29 is 4.79 Å². The number of nitrogens with one attached hydrogen (secondary N) is 1. The topological polar surface area (TPSA) is 59.3 Å². The highest BCUT2D eigenvalue weighted by Crippen LogP contribution is 2.28. The van der Waals surface area contributed by atoms with Gasteiger partial charge in [-0.1, -0.05) is 76.6 Å². The summed E-state index contributed by atoms with van der Waals surface area (Å²) < 4.78 is 2.75. The number of rotatable bonds is 5. The number of hydrazone groups is 1. The quantitative estimate of drug-likeness (QED) is 0.216. The minimum Gasteiger partial charge on any atom is -0.265 e. The summed E-state index contributed by atoms with van der Waals surface area (Å²) in [6, 6.07) is 32.0. The zero-order valence-electron chi connectivity index (χ0n) is 18.4. The third kappa shape index (κ3) is 4.67. The van der Waals surface area contributed by atoms with Crippen molar-refractivity contribution >= 4 is 38.8 Å². The fraction of sp³-hybridized carbons (Fsp3) is 0.0357. The number of benzene rings is 4. The van der Waals surface area contributed by atoms with Crippen LogP contribution in [0.25, 0.3) is 27.7 Å². The van der Waals surface area contributed by atoms with Crippen LogP contribution < -0.4 is 5.43 Å². The summed E-state index contributed by atoms with van der Waals surface area (Å²) in [5.74, 6) is -0.375. The molecule has 1 aromatic heterocycles. The normalized spacial score (nSPS) is 11.2. The molecule has 6 heteroatoms. The average molecular weight is 509 g/mol. The second-order valence-electron chi connectivity index (χ2n) is 7.98. The van der Waals surface area contributed by atoms with Gasteiger partial charge in [-0.05, 0) is 65.2 Å². The maximum absolute atomic E-state index is 12.9. The Balaban J connectivity index is 1.51. The van der Waals surface area contributed by atoms with E-state index in [1.54, 1.807) is 12.3 Å². The van der Waals surface area contributed by atoms with Gasteiger partial charge in [-0.15, -0.1) is 0 Å². The summed E-state index contributed by atoms with van der Waals surface area (Å²) in [6.07, 6.45) is 1.60. The van der Waals surface area contributed by atoms with Crippen LogP contribution in [0.2, 0.25) is 0 Å². The fourth-order valence-corrected chi connectivity index (χ4v) is 4.23. The van der Waals surface area contributed by atoms with E-state index in [1.807, 2.05) is 72.3 Å². The highest BCUT2D eigenvalue weighted by atomic mass is 79.9. The van der Waals surface area contributed by atoms with Gasteiger partial charge in [-0.25, -0.2) is 10.1 Å². The van der Waals surface area contributed by atoms with Crippen LogP contribution in [0.1, 0.15) is 21.6 Å². The molecule has 0 aliphatic heterocycles. The summed E-state index contributed by atoms with van der Waals surface area (Å²) in [6.45, 7) is 2.03. The maximum atomic E-state index is 12.9. The van der Waals surface area contributed by atoms with Crippen LogP contribution in [-0.4, -0.2) is 21.9 Å². The maximum Gasteiger partial charge on any atom is 0.291 e. The summed E-state index contributed by atoms with van der Waals surface area (Å²) in [7, 11) is 0. The zero-order chi connectivity index (χ0) is 23.5. The molecule has 0 aliphatic carbocycles.